The molecule has 1 saturated carbocycles. The summed E-state index contributed by atoms with van der Waals surface area (Å²) in [6.07, 6.45) is 2.71. The molecule has 1 unspecified atom stereocenters. The van der Waals surface area contributed by atoms with Crippen LogP contribution in [0.5, 0.6) is 0 Å². The molecule has 0 spiro atoms. The standard InChI is InChI=1S/C15H27N5S.HI/c1-10-14(21-11(2)19-10)9-18-15(16-3)17-8-13(20(4)5)12-6-7-12;/h12-13H,6-9H2,1-5H3,(H2,16,17,18);1H. The number of thiazole rings is 1. The molecule has 22 heavy (non-hydrogen) atoms. The van der Waals surface area contributed by atoms with Crippen molar-refractivity contribution in [1.29, 1.82) is 0 Å². The first-order chi connectivity index (χ1) is 10.0. The number of rotatable bonds is 6. The van der Waals surface area contributed by atoms with Gasteiger partial charge < -0.3 is 15.5 Å². The van der Waals surface area contributed by atoms with Crippen LogP contribution in [0.15, 0.2) is 4.99 Å². The van der Waals surface area contributed by atoms with Crippen LogP contribution in [0.3, 0.4) is 0 Å². The van der Waals surface area contributed by atoms with Crippen LogP contribution >= 0.6 is 35.3 Å². The molecule has 0 saturated heterocycles. The topological polar surface area (TPSA) is 52.6 Å². The van der Waals surface area contributed by atoms with Gasteiger partial charge in [0.05, 0.1) is 17.2 Å². The highest BCUT2D eigenvalue weighted by Gasteiger charge is 2.32. The first-order valence-corrected chi connectivity index (χ1v) is 8.36. The van der Waals surface area contributed by atoms with E-state index in [2.05, 4.69) is 46.5 Å². The van der Waals surface area contributed by atoms with Gasteiger partial charge in [0, 0.05) is 24.5 Å². The Bertz CT molecular complexity index is 494. The predicted octanol–water partition coefficient (Wildman–Crippen LogP) is 2.38. The van der Waals surface area contributed by atoms with Crippen LogP contribution in [0.1, 0.15) is 28.4 Å². The maximum Gasteiger partial charge on any atom is 0.191 e. The third kappa shape index (κ3) is 5.66. The fourth-order valence-electron chi connectivity index (χ4n) is 2.58. The van der Waals surface area contributed by atoms with Crippen LogP contribution in [0.4, 0.5) is 0 Å². The van der Waals surface area contributed by atoms with E-state index >= 15 is 0 Å². The van der Waals surface area contributed by atoms with Crippen molar-refractivity contribution in [1.82, 2.24) is 20.5 Å². The van der Waals surface area contributed by atoms with Gasteiger partial charge in [0.2, 0.25) is 0 Å². The molecule has 1 aromatic heterocycles. The molecule has 0 aromatic carbocycles. The lowest BCUT2D eigenvalue weighted by Crippen LogP contribution is -2.45. The van der Waals surface area contributed by atoms with Gasteiger partial charge in [-0.1, -0.05) is 0 Å². The Morgan fingerprint density at radius 3 is 2.50 bits per heavy atom. The third-order valence-corrected chi connectivity index (χ3v) is 5.02. The van der Waals surface area contributed by atoms with Gasteiger partial charge in [-0.15, -0.1) is 35.3 Å². The van der Waals surface area contributed by atoms with Crippen LogP contribution in [-0.2, 0) is 6.54 Å². The van der Waals surface area contributed by atoms with Gasteiger partial charge in [-0.25, -0.2) is 4.98 Å². The Kier molecular flexibility index (Phi) is 8.06. The Hall–Kier alpha value is -0.410. The first-order valence-electron chi connectivity index (χ1n) is 7.55. The van der Waals surface area contributed by atoms with E-state index in [-0.39, 0.29) is 24.0 Å². The molecule has 1 atom stereocenters. The van der Waals surface area contributed by atoms with Crippen LogP contribution < -0.4 is 10.6 Å². The van der Waals surface area contributed by atoms with Crippen molar-refractivity contribution in [3.05, 3.63) is 15.6 Å². The van der Waals surface area contributed by atoms with Crippen molar-refractivity contribution in [2.75, 3.05) is 27.7 Å². The van der Waals surface area contributed by atoms with Crippen LogP contribution in [0.25, 0.3) is 0 Å². The summed E-state index contributed by atoms with van der Waals surface area (Å²) in [5.41, 5.74) is 1.12. The number of hydrogen-bond donors (Lipinski definition) is 2. The third-order valence-electron chi connectivity index (χ3n) is 3.95. The van der Waals surface area contributed by atoms with Gasteiger partial charge in [-0.05, 0) is 46.7 Å². The number of hydrogen-bond acceptors (Lipinski definition) is 4. The largest absolute Gasteiger partial charge is 0.355 e. The van der Waals surface area contributed by atoms with E-state index in [1.807, 2.05) is 14.0 Å². The maximum absolute atomic E-state index is 4.46. The van der Waals surface area contributed by atoms with Gasteiger partial charge in [0.15, 0.2) is 5.96 Å². The molecule has 2 N–H and O–H groups in total. The monoisotopic (exact) mass is 437 g/mol. The first kappa shape index (κ1) is 19.6. The summed E-state index contributed by atoms with van der Waals surface area (Å²) in [4.78, 5) is 12.4. The number of guanidine groups is 1. The summed E-state index contributed by atoms with van der Waals surface area (Å²) in [5, 5.41) is 7.95. The molecule has 5 nitrogen and oxygen atoms in total. The number of halogens is 1. The van der Waals surface area contributed by atoms with Crippen LogP contribution in [0.2, 0.25) is 0 Å². The SMILES string of the molecule is CN=C(NCc1sc(C)nc1C)NCC(C1CC1)N(C)C.I. The minimum atomic E-state index is 0. The van der Waals surface area contributed by atoms with E-state index in [9.17, 15) is 0 Å². The normalized spacial score (nSPS) is 16.4. The molecule has 0 amide bonds. The lowest BCUT2D eigenvalue weighted by molar-refractivity contribution is 0.264. The van der Waals surface area contributed by atoms with E-state index in [0.29, 0.717) is 6.04 Å². The zero-order valence-electron chi connectivity index (χ0n) is 14.1. The summed E-state index contributed by atoms with van der Waals surface area (Å²) in [6, 6.07) is 0.593. The summed E-state index contributed by atoms with van der Waals surface area (Å²) in [5.74, 6) is 1.71. The minimum absolute atomic E-state index is 0. The van der Waals surface area contributed by atoms with E-state index in [0.717, 1.165) is 35.7 Å². The number of aryl methyl sites for hydroxylation is 2. The Labute approximate surface area is 155 Å². The fraction of sp³-hybridized carbons (Fsp3) is 0.733. The Morgan fingerprint density at radius 2 is 2.05 bits per heavy atom. The summed E-state index contributed by atoms with van der Waals surface area (Å²) < 4.78 is 0. The lowest BCUT2D eigenvalue weighted by Gasteiger charge is -2.25. The summed E-state index contributed by atoms with van der Waals surface area (Å²) >= 11 is 1.75. The highest BCUT2D eigenvalue weighted by molar-refractivity contribution is 14.0. The molecule has 1 fully saturated rings. The molecular formula is C15H28IN5S. The summed E-state index contributed by atoms with van der Waals surface area (Å²) in [7, 11) is 6.14. The molecule has 1 aliphatic rings. The quantitative estimate of drug-likeness (QED) is 0.408. The van der Waals surface area contributed by atoms with Gasteiger partial charge >= 0.3 is 0 Å². The lowest BCUT2D eigenvalue weighted by atomic mass is 10.1. The molecule has 1 aliphatic carbocycles. The van der Waals surface area contributed by atoms with Gasteiger partial charge in [-0.2, -0.15) is 0 Å². The second-order valence-electron chi connectivity index (χ2n) is 5.92. The molecule has 126 valence electrons. The van der Waals surface area contributed by atoms with Crippen molar-refractivity contribution >= 4 is 41.3 Å². The van der Waals surface area contributed by atoms with Crippen molar-refractivity contribution in [3.8, 4) is 0 Å². The van der Waals surface area contributed by atoms with Crippen LogP contribution in [-0.4, -0.2) is 49.6 Å². The number of likely N-dealkylation sites (N-methyl/N-ethyl adjacent to an activating group) is 1. The number of nitrogens with one attached hydrogen (secondary N) is 2. The maximum atomic E-state index is 4.46. The van der Waals surface area contributed by atoms with E-state index < -0.39 is 0 Å². The molecule has 2 rings (SSSR count). The Balaban J connectivity index is 0.00000242. The van der Waals surface area contributed by atoms with Gasteiger partial charge in [-0.3, -0.25) is 4.99 Å². The highest BCUT2D eigenvalue weighted by atomic mass is 127. The van der Waals surface area contributed by atoms with Crippen molar-refractivity contribution in [2.45, 2.75) is 39.3 Å². The van der Waals surface area contributed by atoms with Gasteiger partial charge in [0.25, 0.3) is 0 Å². The number of nitrogens with zero attached hydrogens (tertiary/aromatic N) is 3. The predicted molar refractivity (Wildman–Crippen MR) is 105 cm³/mol. The molecule has 0 aliphatic heterocycles. The zero-order valence-corrected chi connectivity index (χ0v) is 17.3. The van der Waals surface area contributed by atoms with Crippen molar-refractivity contribution in [3.63, 3.8) is 0 Å². The van der Waals surface area contributed by atoms with Crippen molar-refractivity contribution < 1.29 is 0 Å². The summed E-state index contributed by atoms with van der Waals surface area (Å²) in [6.45, 7) is 5.84. The van der Waals surface area contributed by atoms with Crippen LogP contribution in [0, 0.1) is 19.8 Å². The van der Waals surface area contributed by atoms with Crippen molar-refractivity contribution in [2.24, 2.45) is 10.9 Å². The molecule has 0 bridgehead atoms. The van der Waals surface area contributed by atoms with E-state index in [4.69, 9.17) is 0 Å². The number of aromatic nitrogens is 1. The highest BCUT2D eigenvalue weighted by Crippen LogP contribution is 2.34. The van der Waals surface area contributed by atoms with E-state index in [1.54, 1.807) is 11.3 Å². The average molecular weight is 437 g/mol. The fourth-order valence-corrected chi connectivity index (χ4v) is 3.45. The number of aliphatic imine (C=N–C) groups is 1. The van der Waals surface area contributed by atoms with Gasteiger partial charge in [0.1, 0.15) is 0 Å². The molecule has 1 heterocycles. The molecule has 7 heteroatoms. The second kappa shape index (κ2) is 9.02. The smallest absolute Gasteiger partial charge is 0.191 e. The molecule has 1 aromatic rings. The Morgan fingerprint density at radius 1 is 1.36 bits per heavy atom. The zero-order chi connectivity index (χ0) is 15.4. The molecule has 0 radical (unpaired) electrons. The molecular weight excluding hydrogens is 409 g/mol. The minimum Gasteiger partial charge on any atom is -0.355 e. The second-order valence-corrected chi connectivity index (χ2v) is 7.20. The van der Waals surface area contributed by atoms with E-state index in [1.165, 1.54) is 17.7 Å². The average Bonchev–Trinajstić information content (AvgIpc) is 3.19.